The van der Waals surface area contributed by atoms with Gasteiger partial charge in [0.15, 0.2) is 11.2 Å². The van der Waals surface area contributed by atoms with Gasteiger partial charge >= 0.3 is 17.9 Å². The third-order valence-corrected chi connectivity index (χ3v) is 7.56. The van der Waals surface area contributed by atoms with Crippen molar-refractivity contribution in [2.75, 3.05) is 6.61 Å². The zero-order valence-electron chi connectivity index (χ0n) is 23.5. The van der Waals surface area contributed by atoms with Crippen molar-refractivity contribution < 1.29 is 47.1 Å². The van der Waals surface area contributed by atoms with E-state index in [0.717, 1.165) is 51.4 Å². The zero-order valence-corrected chi connectivity index (χ0v) is 26.3. The Bertz CT molecular complexity index is 793. The van der Waals surface area contributed by atoms with E-state index < -0.39 is 51.5 Å². The van der Waals surface area contributed by atoms with Crippen molar-refractivity contribution in [3.8, 4) is 0 Å². The molecule has 0 heterocycles. The molecule has 0 aliphatic carbocycles. The van der Waals surface area contributed by atoms with E-state index in [1.165, 1.54) is 44.9 Å². The average molecular weight is 589 g/mol. The van der Waals surface area contributed by atoms with Crippen molar-refractivity contribution in [3.05, 3.63) is 0 Å². The second-order valence-electron chi connectivity index (χ2n) is 9.87. The first-order valence-electron chi connectivity index (χ1n) is 13.8. The van der Waals surface area contributed by atoms with Crippen LogP contribution in [0.25, 0.3) is 0 Å². The molecule has 0 aromatic rings. The summed E-state index contributed by atoms with van der Waals surface area (Å²) in [6.07, 6.45) is 17.3. The molecule has 0 saturated heterocycles. The van der Waals surface area contributed by atoms with Gasteiger partial charge < -0.3 is 20.7 Å². The Morgan fingerprint density at radius 1 is 0.641 bits per heavy atom. The minimum absolute atomic E-state index is 0. The van der Waals surface area contributed by atoms with E-state index in [2.05, 4.69) is 0 Å². The summed E-state index contributed by atoms with van der Waals surface area (Å²) in [5.74, 6) is -5.97. The van der Waals surface area contributed by atoms with Crippen LogP contribution in [0.4, 0.5) is 0 Å². The number of rotatable bonds is 26. The number of primary amides is 1. The topological polar surface area (TPSA) is 198 Å². The predicted octanol–water partition coefficient (Wildman–Crippen LogP) is 4.09. The number of unbranched alkanes of at least 4 members (excludes halogenated alkanes) is 16. The van der Waals surface area contributed by atoms with Crippen LogP contribution in [0.1, 0.15) is 122 Å². The molecule has 0 aliphatic rings. The number of hydrogen-bond acceptors (Lipinski definition) is 7. The Balaban J connectivity index is 0. The summed E-state index contributed by atoms with van der Waals surface area (Å²) in [5.41, 5.74) is 4.90. The minimum atomic E-state index is -4.74. The van der Waals surface area contributed by atoms with Gasteiger partial charge in [0.2, 0.25) is 5.91 Å². The smallest absolute Gasteiger partial charge is 0.327 e. The van der Waals surface area contributed by atoms with Crippen molar-refractivity contribution >= 4 is 63.5 Å². The van der Waals surface area contributed by atoms with E-state index in [1.807, 2.05) is 0 Å². The summed E-state index contributed by atoms with van der Waals surface area (Å²) in [4.78, 5) is 44.3. The van der Waals surface area contributed by atoms with Gasteiger partial charge in [-0.3, -0.25) is 23.7 Å². The molecule has 0 spiro atoms. The van der Waals surface area contributed by atoms with Crippen LogP contribution in [0, 0.1) is 5.92 Å². The second-order valence-corrected chi connectivity index (χ2v) is 11.5. The average Bonchev–Trinajstić information content (AvgIpc) is 2.82. The molecule has 0 bridgehead atoms. The molecule has 0 saturated carbocycles. The number of aliphatic carboxylic acids is 2. The fraction of sp³-hybridized carbons (Fsp3) is 0.846. The minimum Gasteiger partial charge on any atom is -0.481 e. The van der Waals surface area contributed by atoms with Crippen LogP contribution in [0.3, 0.4) is 0 Å². The quantitative estimate of drug-likeness (QED) is 0.0375. The molecule has 1 amide bonds. The van der Waals surface area contributed by atoms with Gasteiger partial charge in [-0.1, -0.05) is 103 Å². The molecule has 223 valence electrons. The molecular formula is C26H47NNaO10S. The number of carbonyl (C=O) groups is 4. The largest absolute Gasteiger partial charge is 0.481 e. The van der Waals surface area contributed by atoms with Crippen LogP contribution >= 0.6 is 0 Å². The van der Waals surface area contributed by atoms with Crippen molar-refractivity contribution in [3.63, 3.8) is 0 Å². The number of carboxylic acid groups (broad SMARTS) is 2. The number of ether oxygens (including phenoxy) is 1. The number of carbonyl (C=O) groups excluding carboxylic acids is 2. The Labute approximate surface area is 255 Å². The second kappa shape index (κ2) is 24.6. The number of nitrogens with two attached hydrogens (primary N) is 1. The molecule has 0 aromatic carbocycles. The summed E-state index contributed by atoms with van der Waals surface area (Å²) >= 11 is 0. The normalized spacial score (nSPS) is 12.1. The maximum Gasteiger partial charge on any atom is 0.327 e. The molecular weight excluding hydrogens is 541 g/mol. The number of carboxylic acids is 2. The Kier molecular flexibility index (Phi) is 25.2. The summed E-state index contributed by atoms with van der Waals surface area (Å²) < 4.78 is 36.2. The maximum atomic E-state index is 11.8. The van der Waals surface area contributed by atoms with Gasteiger partial charge in [0.25, 0.3) is 10.1 Å². The van der Waals surface area contributed by atoms with E-state index in [1.54, 1.807) is 0 Å². The maximum absolute atomic E-state index is 11.8. The fourth-order valence-corrected chi connectivity index (χ4v) is 4.90. The first-order valence-corrected chi connectivity index (χ1v) is 15.3. The molecule has 1 radical (unpaired) electrons. The van der Waals surface area contributed by atoms with Crippen LogP contribution in [0.5, 0.6) is 0 Å². The molecule has 0 aromatic heterocycles. The molecule has 0 rings (SSSR count). The Morgan fingerprint density at radius 2 is 0.974 bits per heavy atom. The van der Waals surface area contributed by atoms with Gasteiger partial charge in [-0.15, -0.1) is 0 Å². The summed E-state index contributed by atoms with van der Waals surface area (Å²) in [6, 6.07) is 0. The first kappa shape index (κ1) is 39.9. The van der Waals surface area contributed by atoms with E-state index in [0.29, 0.717) is 12.8 Å². The fourth-order valence-electron chi connectivity index (χ4n) is 4.21. The van der Waals surface area contributed by atoms with Crippen LogP contribution in [-0.4, -0.2) is 88.4 Å². The van der Waals surface area contributed by atoms with Crippen molar-refractivity contribution in [2.45, 2.75) is 127 Å². The van der Waals surface area contributed by atoms with Gasteiger partial charge in [-0.2, -0.15) is 8.42 Å². The van der Waals surface area contributed by atoms with Gasteiger partial charge in [-0.05, 0) is 12.8 Å². The first-order chi connectivity index (χ1) is 18.0. The molecule has 13 heteroatoms. The van der Waals surface area contributed by atoms with E-state index in [9.17, 15) is 27.6 Å². The van der Waals surface area contributed by atoms with E-state index >= 15 is 0 Å². The molecule has 1 atom stereocenters. The van der Waals surface area contributed by atoms with E-state index in [-0.39, 0.29) is 42.6 Å². The molecule has 11 nitrogen and oxygen atoms in total. The van der Waals surface area contributed by atoms with Crippen molar-refractivity contribution in [1.82, 2.24) is 0 Å². The number of hydrogen-bond donors (Lipinski definition) is 4. The molecule has 0 fully saturated rings. The molecule has 5 N–H and O–H groups in total. The molecule has 0 aliphatic heterocycles. The summed E-state index contributed by atoms with van der Waals surface area (Å²) in [6.45, 7) is 0.0314. The van der Waals surface area contributed by atoms with Crippen LogP contribution in [0.2, 0.25) is 0 Å². The monoisotopic (exact) mass is 588 g/mol. The third kappa shape index (κ3) is 23.2. The van der Waals surface area contributed by atoms with Crippen molar-refractivity contribution in [2.24, 2.45) is 11.7 Å². The van der Waals surface area contributed by atoms with Crippen LogP contribution in [-0.2, 0) is 34.0 Å². The van der Waals surface area contributed by atoms with Gasteiger partial charge in [0.1, 0.15) is 0 Å². The van der Waals surface area contributed by atoms with Crippen molar-refractivity contribution in [1.29, 1.82) is 0 Å². The van der Waals surface area contributed by atoms with Crippen LogP contribution < -0.4 is 5.73 Å². The molecule has 1 unspecified atom stereocenters. The summed E-state index contributed by atoms with van der Waals surface area (Å²) in [7, 11) is -4.74. The number of esters is 1. The number of amides is 1. The Hall–Kier alpha value is -1.21. The Morgan fingerprint density at radius 3 is 1.28 bits per heavy atom. The molecule has 39 heavy (non-hydrogen) atoms. The predicted molar refractivity (Wildman–Crippen MR) is 148 cm³/mol. The standard InChI is InChI=1S/C26H47NO10S.Na/c27-23(28)20-22(38(34,35)36)26(33)37-19-17-15-13-11-9-7-5-3-1-2-4-6-8-10-12-14-16-18-21(24(29)30)25(31)32;/h21-22H,1-20H2,(H2,27,28)(H,29,30)(H,31,32)(H,34,35,36);. The van der Waals surface area contributed by atoms with Gasteiger partial charge in [0.05, 0.1) is 13.0 Å². The van der Waals surface area contributed by atoms with Gasteiger partial charge in [-0.25, -0.2) is 0 Å². The zero-order chi connectivity index (χ0) is 28.8. The SMILES string of the molecule is NC(=O)CC(C(=O)OCCCCCCCCCCCCCCCCCCCC(C(=O)O)C(=O)O)S(=O)(=O)O.[Na]. The summed E-state index contributed by atoms with van der Waals surface area (Å²) in [5, 5.41) is 15.7. The van der Waals surface area contributed by atoms with E-state index in [4.69, 9.17) is 25.2 Å². The third-order valence-electron chi connectivity index (χ3n) is 6.49. The van der Waals surface area contributed by atoms with Gasteiger partial charge in [0, 0.05) is 29.6 Å². The van der Waals surface area contributed by atoms with Crippen LogP contribution in [0.15, 0.2) is 0 Å².